The standard InChI is InChI=1S/C19H21NO2S/c1-3-16-15-11-13-23-18(15)10-12-20(16)19(21)9-8-14-6-4-5-7-17(14)22-2/h4-9,11,13,16H,3,10,12H2,1-2H3. The van der Waals surface area contributed by atoms with Crippen molar-refractivity contribution in [2.75, 3.05) is 13.7 Å². The van der Waals surface area contributed by atoms with E-state index in [2.05, 4.69) is 18.4 Å². The number of carbonyl (C=O) groups is 1. The van der Waals surface area contributed by atoms with Gasteiger partial charge in [0.1, 0.15) is 5.75 Å². The Morgan fingerprint density at radius 1 is 1.39 bits per heavy atom. The molecule has 0 bridgehead atoms. The maximum absolute atomic E-state index is 12.7. The lowest BCUT2D eigenvalue weighted by Crippen LogP contribution is -2.38. The van der Waals surface area contributed by atoms with Gasteiger partial charge in [-0.1, -0.05) is 25.1 Å². The first-order chi connectivity index (χ1) is 11.2. The summed E-state index contributed by atoms with van der Waals surface area (Å²) in [6.07, 6.45) is 5.41. The third-order valence-corrected chi connectivity index (χ3v) is 5.31. The highest BCUT2D eigenvalue weighted by Gasteiger charge is 2.29. The van der Waals surface area contributed by atoms with Crippen LogP contribution in [0.3, 0.4) is 0 Å². The Bertz CT molecular complexity index is 720. The summed E-state index contributed by atoms with van der Waals surface area (Å²) in [5, 5.41) is 2.13. The van der Waals surface area contributed by atoms with Crippen LogP contribution < -0.4 is 4.74 Å². The number of para-hydroxylation sites is 1. The van der Waals surface area contributed by atoms with Crippen LogP contribution in [0, 0.1) is 0 Å². The van der Waals surface area contributed by atoms with Gasteiger partial charge in [0.15, 0.2) is 0 Å². The van der Waals surface area contributed by atoms with Gasteiger partial charge in [0, 0.05) is 23.1 Å². The van der Waals surface area contributed by atoms with E-state index in [-0.39, 0.29) is 11.9 Å². The topological polar surface area (TPSA) is 29.5 Å². The Kier molecular flexibility index (Phi) is 4.82. The maximum Gasteiger partial charge on any atom is 0.247 e. The van der Waals surface area contributed by atoms with E-state index in [1.807, 2.05) is 35.2 Å². The van der Waals surface area contributed by atoms with E-state index >= 15 is 0 Å². The number of rotatable bonds is 4. The third kappa shape index (κ3) is 3.17. The Labute approximate surface area is 141 Å². The van der Waals surface area contributed by atoms with E-state index in [1.165, 1.54) is 10.4 Å². The molecular formula is C19H21NO2S. The third-order valence-electron chi connectivity index (χ3n) is 4.31. The van der Waals surface area contributed by atoms with Crippen LogP contribution in [0.1, 0.15) is 35.4 Å². The largest absolute Gasteiger partial charge is 0.496 e. The lowest BCUT2D eigenvalue weighted by molar-refractivity contribution is -0.128. The molecule has 0 aliphatic carbocycles. The zero-order chi connectivity index (χ0) is 16.2. The van der Waals surface area contributed by atoms with Crippen molar-refractivity contribution in [1.82, 2.24) is 4.90 Å². The second-order valence-corrected chi connectivity index (χ2v) is 6.58. The predicted octanol–water partition coefficient (Wildman–Crippen LogP) is 4.31. The van der Waals surface area contributed by atoms with Gasteiger partial charge in [-0.25, -0.2) is 0 Å². The molecule has 1 aromatic carbocycles. The monoisotopic (exact) mass is 327 g/mol. The average Bonchev–Trinajstić information content (AvgIpc) is 3.07. The maximum atomic E-state index is 12.7. The van der Waals surface area contributed by atoms with Crippen molar-refractivity contribution in [3.8, 4) is 5.75 Å². The van der Waals surface area contributed by atoms with Crippen molar-refractivity contribution < 1.29 is 9.53 Å². The van der Waals surface area contributed by atoms with Crippen molar-refractivity contribution in [2.45, 2.75) is 25.8 Å². The number of hydrogen-bond acceptors (Lipinski definition) is 3. The van der Waals surface area contributed by atoms with Crippen LogP contribution in [-0.4, -0.2) is 24.5 Å². The summed E-state index contributed by atoms with van der Waals surface area (Å²) in [6.45, 7) is 2.93. The average molecular weight is 327 g/mol. The molecule has 23 heavy (non-hydrogen) atoms. The van der Waals surface area contributed by atoms with Gasteiger partial charge in [-0.05, 0) is 42.0 Å². The van der Waals surface area contributed by atoms with Crippen LogP contribution in [0.4, 0.5) is 0 Å². The number of benzene rings is 1. The summed E-state index contributed by atoms with van der Waals surface area (Å²) < 4.78 is 5.33. The quantitative estimate of drug-likeness (QED) is 0.783. The zero-order valence-electron chi connectivity index (χ0n) is 13.5. The number of amides is 1. The van der Waals surface area contributed by atoms with Gasteiger partial charge in [0.2, 0.25) is 5.91 Å². The van der Waals surface area contributed by atoms with Crippen molar-refractivity contribution in [3.63, 3.8) is 0 Å². The van der Waals surface area contributed by atoms with Gasteiger partial charge in [0.25, 0.3) is 0 Å². The molecule has 1 aliphatic rings. The SMILES string of the molecule is CCC1c2ccsc2CCN1C(=O)C=Cc1ccccc1OC. The molecule has 120 valence electrons. The highest BCUT2D eigenvalue weighted by molar-refractivity contribution is 7.10. The molecule has 3 nitrogen and oxygen atoms in total. The minimum absolute atomic E-state index is 0.0691. The molecule has 0 spiro atoms. The predicted molar refractivity (Wildman–Crippen MR) is 94.8 cm³/mol. The van der Waals surface area contributed by atoms with E-state index in [4.69, 9.17) is 4.74 Å². The molecule has 2 heterocycles. The first kappa shape index (κ1) is 15.8. The van der Waals surface area contributed by atoms with E-state index in [0.29, 0.717) is 0 Å². The van der Waals surface area contributed by atoms with Crippen LogP contribution in [0.2, 0.25) is 0 Å². The highest BCUT2D eigenvalue weighted by atomic mass is 32.1. The molecule has 2 aromatic rings. The first-order valence-corrected chi connectivity index (χ1v) is 8.80. The molecule has 1 aromatic heterocycles. The first-order valence-electron chi connectivity index (χ1n) is 7.92. The van der Waals surface area contributed by atoms with Crippen LogP contribution in [0.25, 0.3) is 6.08 Å². The smallest absolute Gasteiger partial charge is 0.247 e. The molecule has 1 unspecified atom stereocenters. The van der Waals surface area contributed by atoms with E-state index in [1.54, 1.807) is 24.5 Å². The molecule has 1 amide bonds. The Morgan fingerprint density at radius 3 is 3.00 bits per heavy atom. The van der Waals surface area contributed by atoms with E-state index in [9.17, 15) is 4.79 Å². The number of thiophene rings is 1. The summed E-state index contributed by atoms with van der Waals surface area (Å²) in [6, 6.07) is 10.1. The summed E-state index contributed by atoms with van der Waals surface area (Å²) in [5.74, 6) is 0.849. The second kappa shape index (κ2) is 7.01. The minimum Gasteiger partial charge on any atom is -0.496 e. The number of fused-ring (bicyclic) bond motifs is 1. The van der Waals surface area contributed by atoms with E-state index in [0.717, 1.165) is 30.7 Å². The Hall–Kier alpha value is -2.07. The Morgan fingerprint density at radius 2 is 2.22 bits per heavy atom. The fourth-order valence-corrected chi connectivity index (χ4v) is 4.09. The lowest BCUT2D eigenvalue weighted by Gasteiger charge is -2.34. The minimum atomic E-state index is 0.0691. The summed E-state index contributed by atoms with van der Waals surface area (Å²) in [7, 11) is 1.64. The van der Waals surface area contributed by atoms with Gasteiger partial charge >= 0.3 is 0 Å². The van der Waals surface area contributed by atoms with Gasteiger partial charge in [-0.2, -0.15) is 0 Å². The van der Waals surface area contributed by atoms with Crippen LogP contribution in [-0.2, 0) is 11.2 Å². The molecule has 0 radical (unpaired) electrons. The molecule has 1 atom stereocenters. The van der Waals surface area contributed by atoms with Gasteiger partial charge in [-0.3, -0.25) is 4.79 Å². The molecule has 0 saturated carbocycles. The van der Waals surface area contributed by atoms with E-state index < -0.39 is 0 Å². The molecule has 0 fully saturated rings. The molecule has 4 heteroatoms. The van der Waals surface area contributed by atoms with Gasteiger partial charge in [-0.15, -0.1) is 11.3 Å². The van der Waals surface area contributed by atoms with Crippen LogP contribution >= 0.6 is 11.3 Å². The molecule has 3 rings (SSSR count). The number of carbonyl (C=O) groups excluding carboxylic acids is 1. The van der Waals surface area contributed by atoms with Crippen molar-refractivity contribution in [3.05, 3.63) is 57.8 Å². The summed E-state index contributed by atoms with van der Waals surface area (Å²) in [4.78, 5) is 16.1. The van der Waals surface area contributed by atoms with Crippen molar-refractivity contribution in [1.29, 1.82) is 0 Å². The summed E-state index contributed by atoms with van der Waals surface area (Å²) >= 11 is 1.80. The fourth-order valence-electron chi connectivity index (χ4n) is 3.16. The lowest BCUT2D eigenvalue weighted by atomic mass is 9.97. The number of nitrogens with zero attached hydrogens (tertiary/aromatic N) is 1. The van der Waals surface area contributed by atoms with Crippen LogP contribution in [0.5, 0.6) is 5.75 Å². The highest BCUT2D eigenvalue weighted by Crippen LogP contribution is 2.35. The Balaban J connectivity index is 1.79. The fraction of sp³-hybridized carbons (Fsp3) is 0.316. The molecule has 1 aliphatic heterocycles. The molecule has 0 saturated heterocycles. The van der Waals surface area contributed by atoms with Gasteiger partial charge in [0.05, 0.1) is 13.2 Å². The number of ether oxygens (including phenoxy) is 1. The van der Waals surface area contributed by atoms with Crippen LogP contribution in [0.15, 0.2) is 41.8 Å². The second-order valence-electron chi connectivity index (χ2n) is 5.58. The zero-order valence-corrected chi connectivity index (χ0v) is 14.3. The van der Waals surface area contributed by atoms with Crippen molar-refractivity contribution >= 4 is 23.3 Å². The molecular weight excluding hydrogens is 306 g/mol. The molecule has 0 N–H and O–H groups in total. The van der Waals surface area contributed by atoms with Crippen molar-refractivity contribution in [2.24, 2.45) is 0 Å². The normalized spacial score (nSPS) is 17.3. The summed E-state index contributed by atoms with van der Waals surface area (Å²) in [5.41, 5.74) is 2.24. The van der Waals surface area contributed by atoms with Gasteiger partial charge < -0.3 is 9.64 Å². The number of methoxy groups -OCH3 is 1. The number of hydrogen-bond donors (Lipinski definition) is 0.